The molecule has 0 bridgehead atoms. The van der Waals surface area contributed by atoms with E-state index < -0.39 is 0 Å². The van der Waals surface area contributed by atoms with Gasteiger partial charge in [0, 0.05) is 12.3 Å². The second-order valence-corrected chi connectivity index (χ2v) is 11.2. The Balaban J connectivity index is 1.15. The molecule has 5 rings (SSSR count). The normalized spacial score (nSPS) is 18.5. The molecule has 1 aromatic heterocycles. The summed E-state index contributed by atoms with van der Waals surface area (Å²) < 4.78 is 5.99. The summed E-state index contributed by atoms with van der Waals surface area (Å²) in [6.45, 7) is 0. The van der Waals surface area contributed by atoms with Crippen molar-refractivity contribution in [1.29, 1.82) is 0 Å². The fourth-order valence-corrected chi connectivity index (χ4v) is 6.08. The largest absolute Gasteiger partial charge is 0.664 e. The number of allylic oxidation sites excluding steroid dienone is 1. The number of aromatic hydroxyl groups is 2. The molecule has 2 atom stereocenters. The fraction of sp³-hybridized carbons (Fsp3) is 0.412. The highest BCUT2D eigenvalue weighted by atomic mass is 16.5. The van der Waals surface area contributed by atoms with Crippen LogP contribution in [0.4, 0.5) is 0 Å². The molecule has 3 aromatic rings. The summed E-state index contributed by atoms with van der Waals surface area (Å²) in [5.41, 5.74) is 4.02. The number of ketones is 2. The minimum Gasteiger partial charge on any atom is -0.664 e. The summed E-state index contributed by atoms with van der Waals surface area (Å²) in [6, 6.07) is 14.6. The number of benzene rings is 2. The number of nitrogens with zero attached hydrogens (tertiary/aromatic N) is 1. The molecule has 210 valence electrons. The van der Waals surface area contributed by atoms with Gasteiger partial charge in [-0.05, 0) is 92.7 Å². The molecule has 0 unspecified atom stereocenters. The number of hydrogen-bond donors (Lipinski definition) is 2. The maximum atomic E-state index is 13.4. The van der Waals surface area contributed by atoms with Gasteiger partial charge in [-0.25, -0.2) is 0 Å². The minimum absolute atomic E-state index is 0.0133. The minimum atomic E-state index is -0.332. The standard InChI is InChI=1S/C34H38NO5/c36-25-8-5-7-23(20-25)6-1-4-11-28-29-18-19-35-31(29)16-15-30(28)33(39)22-26(37)14-12-24-13-17-32(38)34(21-24)40-27-9-2-3-10-27/h5,7-8,13,15-21,27-28,30,36,38H,1-4,6,9-12,14,22H2/q-1/t28-,30-/m1/s1. The van der Waals surface area contributed by atoms with E-state index in [1.807, 2.05) is 42.5 Å². The summed E-state index contributed by atoms with van der Waals surface area (Å²) in [7, 11) is 0. The third-order valence-corrected chi connectivity index (χ3v) is 8.25. The van der Waals surface area contributed by atoms with Gasteiger partial charge >= 0.3 is 0 Å². The van der Waals surface area contributed by atoms with Crippen LogP contribution in [0.5, 0.6) is 17.2 Å². The number of hydrogen-bond acceptors (Lipinski definition) is 5. The molecule has 1 saturated carbocycles. The third kappa shape index (κ3) is 7.04. The molecule has 0 amide bonds. The van der Waals surface area contributed by atoms with Crippen molar-refractivity contribution in [2.24, 2.45) is 5.92 Å². The summed E-state index contributed by atoms with van der Waals surface area (Å²) in [6.07, 6.45) is 14.3. The smallest absolute Gasteiger partial charge is 0.161 e. The molecule has 1 heterocycles. The third-order valence-electron chi connectivity index (χ3n) is 8.25. The zero-order valence-corrected chi connectivity index (χ0v) is 22.9. The second-order valence-electron chi connectivity index (χ2n) is 11.2. The Bertz CT molecular complexity index is 1350. The quantitative estimate of drug-likeness (QED) is 0.185. The highest BCUT2D eigenvalue weighted by Crippen LogP contribution is 2.38. The Morgan fingerprint density at radius 3 is 2.60 bits per heavy atom. The highest BCUT2D eigenvalue weighted by molar-refractivity contribution is 6.01. The van der Waals surface area contributed by atoms with Crippen molar-refractivity contribution in [2.45, 2.75) is 82.7 Å². The van der Waals surface area contributed by atoms with Crippen LogP contribution in [-0.2, 0) is 22.4 Å². The van der Waals surface area contributed by atoms with Gasteiger partial charge < -0.3 is 19.9 Å². The topological polar surface area (TPSA) is 97.9 Å². The molecule has 6 nitrogen and oxygen atoms in total. The fourth-order valence-electron chi connectivity index (χ4n) is 6.08. The zero-order chi connectivity index (χ0) is 27.9. The van der Waals surface area contributed by atoms with Crippen LogP contribution in [0.15, 0.2) is 60.8 Å². The average molecular weight is 541 g/mol. The molecule has 40 heavy (non-hydrogen) atoms. The molecule has 0 saturated heterocycles. The van der Waals surface area contributed by atoms with Crippen molar-refractivity contribution in [3.05, 3.63) is 83.2 Å². The summed E-state index contributed by atoms with van der Waals surface area (Å²) in [5, 5.41) is 19.9. The number of phenolic OH excluding ortho intramolecular Hbond substituents is 2. The monoisotopic (exact) mass is 540 g/mol. The number of carbonyl (C=O) groups excluding carboxylic acids is 2. The van der Waals surface area contributed by atoms with Crippen molar-refractivity contribution in [3.8, 4) is 17.2 Å². The van der Waals surface area contributed by atoms with Crippen LogP contribution in [0.1, 0.15) is 86.1 Å². The first-order chi connectivity index (χ1) is 19.5. The van der Waals surface area contributed by atoms with Gasteiger partial charge in [-0.2, -0.15) is 6.20 Å². The van der Waals surface area contributed by atoms with E-state index in [4.69, 9.17) is 4.74 Å². The van der Waals surface area contributed by atoms with Crippen molar-refractivity contribution >= 4 is 17.6 Å². The maximum Gasteiger partial charge on any atom is 0.161 e. The predicted octanol–water partition coefficient (Wildman–Crippen LogP) is 6.68. The van der Waals surface area contributed by atoms with E-state index in [2.05, 4.69) is 4.98 Å². The maximum absolute atomic E-state index is 13.4. The van der Waals surface area contributed by atoms with E-state index in [-0.39, 0.29) is 53.8 Å². The summed E-state index contributed by atoms with van der Waals surface area (Å²) >= 11 is 0. The molecule has 2 aliphatic carbocycles. The van der Waals surface area contributed by atoms with Gasteiger partial charge in [-0.15, -0.1) is 5.69 Å². The Kier molecular flexibility index (Phi) is 9.04. The van der Waals surface area contributed by atoms with Gasteiger partial charge in [0.25, 0.3) is 0 Å². The lowest BCUT2D eigenvalue weighted by molar-refractivity contribution is -0.128. The number of ether oxygens (including phenoxy) is 1. The molecule has 6 heteroatoms. The van der Waals surface area contributed by atoms with E-state index in [0.717, 1.165) is 73.8 Å². The van der Waals surface area contributed by atoms with Crippen molar-refractivity contribution in [3.63, 3.8) is 0 Å². The first-order valence-corrected chi connectivity index (χ1v) is 14.6. The van der Waals surface area contributed by atoms with Crippen LogP contribution < -0.4 is 9.72 Å². The number of carbonyl (C=O) groups is 2. The summed E-state index contributed by atoms with van der Waals surface area (Å²) in [5.74, 6) is 0.449. The van der Waals surface area contributed by atoms with E-state index in [0.29, 0.717) is 12.2 Å². The lowest BCUT2D eigenvalue weighted by atomic mass is 9.75. The molecular formula is C34H38NO5-. The lowest BCUT2D eigenvalue weighted by Gasteiger charge is -2.30. The van der Waals surface area contributed by atoms with Crippen LogP contribution in [0.3, 0.4) is 0 Å². The van der Waals surface area contributed by atoms with E-state index in [1.54, 1.807) is 24.4 Å². The average Bonchev–Trinajstić information content (AvgIpc) is 3.64. The molecule has 2 N–H and O–H groups in total. The molecule has 0 spiro atoms. The molecular weight excluding hydrogens is 502 g/mol. The Labute approximate surface area is 236 Å². The molecule has 1 fully saturated rings. The van der Waals surface area contributed by atoms with Gasteiger partial charge in [-0.3, -0.25) is 9.59 Å². The van der Waals surface area contributed by atoms with E-state index >= 15 is 0 Å². The number of aromatic nitrogens is 1. The molecule has 2 aromatic carbocycles. The van der Waals surface area contributed by atoms with E-state index in [9.17, 15) is 19.8 Å². The predicted molar refractivity (Wildman–Crippen MR) is 155 cm³/mol. The number of Topliss-reactive ketones (excluding diaryl/α,β-unsaturated/α-hetero) is 2. The molecule has 0 aliphatic heterocycles. The first kappa shape index (κ1) is 27.8. The van der Waals surface area contributed by atoms with Crippen LogP contribution in [-0.4, -0.2) is 27.9 Å². The number of aryl methyl sites for hydroxylation is 2. The zero-order valence-electron chi connectivity index (χ0n) is 22.9. The second kappa shape index (κ2) is 13.0. The number of rotatable bonds is 13. The van der Waals surface area contributed by atoms with Gasteiger partial charge in [0.2, 0.25) is 0 Å². The van der Waals surface area contributed by atoms with Crippen LogP contribution in [0, 0.1) is 5.92 Å². The van der Waals surface area contributed by atoms with Gasteiger partial charge in [0.15, 0.2) is 11.5 Å². The first-order valence-electron chi connectivity index (χ1n) is 14.6. The molecule has 0 radical (unpaired) electrons. The van der Waals surface area contributed by atoms with E-state index in [1.165, 1.54) is 0 Å². The number of fused-ring (bicyclic) bond motifs is 1. The van der Waals surface area contributed by atoms with Crippen molar-refractivity contribution in [2.75, 3.05) is 0 Å². The van der Waals surface area contributed by atoms with Gasteiger partial charge in [-0.1, -0.05) is 48.4 Å². The van der Waals surface area contributed by atoms with Crippen molar-refractivity contribution < 1.29 is 24.5 Å². The Hall–Kier alpha value is -3.80. The summed E-state index contributed by atoms with van der Waals surface area (Å²) in [4.78, 5) is 30.7. The van der Waals surface area contributed by atoms with Crippen LogP contribution in [0.25, 0.3) is 6.08 Å². The van der Waals surface area contributed by atoms with Gasteiger partial charge in [0.1, 0.15) is 17.3 Å². The lowest BCUT2D eigenvalue weighted by Crippen LogP contribution is -2.25. The highest BCUT2D eigenvalue weighted by Gasteiger charge is 2.30. The van der Waals surface area contributed by atoms with Crippen LogP contribution in [0.2, 0.25) is 0 Å². The Morgan fingerprint density at radius 1 is 0.950 bits per heavy atom. The molecule has 2 aliphatic rings. The van der Waals surface area contributed by atoms with Crippen LogP contribution >= 0.6 is 0 Å². The Morgan fingerprint density at radius 2 is 1.77 bits per heavy atom. The van der Waals surface area contributed by atoms with Gasteiger partial charge in [0.05, 0.1) is 12.5 Å². The van der Waals surface area contributed by atoms with Crippen molar-refractivity contribution in [1.82, 2.24) is 4.98 Å². The number of unbranched alkanes of at least 4 members (excludes halogenated alkanes) is 1. The number of phenols is 2. The SMILES string of the molecule is O=C(CCc1ccc(O)c(OC2CCCC2)c1)CC(=O)[C@@H]1C=Cc2[n-]ccc2[C@H]1CCCCc1cccc(O)c1.